The van der Waals surface area contributed by atoms with E-state index in [-0.39, 0.29) is 17.3 Å². The van der Waals surface area contributed by atoms with Gasteiger partial charge in [0.05, 0.1) is 9.37 Å². The van der Waals surface area contributed by atoms with Gasteiger partial charge in [-0.05, 0) is 28.1 Å². The minimum atomic E-state index is -1.11. The van der Waals surface area contributed by atoms with E-state index in [1.807, 2.05) is 0 Å². The van der Waals surface area contributed by atoms with E-state index in [0.717, 1.165) is 11.8 Å². The van der Waals surface area contributed by atoms with Gasteiger partial charge in [-0.25, -0.2) is 0 Å². The number of halogens is 1. The van der Waals surface area contributed by atoms with E-state index < -0.39 is 12.0 Å². The van der Waals surface area contributed by atoms with E-state index in [1.165, 1.54) is 12.1 Å². The second kappa shape index (κ2) is 5.42. The summed E-state index contributed by atoms with van der Waals surface area (Å²) in [5.41, 5.74) is 5.31. The molecule has 0 aliphatic carbocycles. The zero-order valence-electron chi connectivity index (χ0n) is 8.05. The Morgan fingerprint density at radius 2 is 2.12 bits per heavy atom. The molecule has 0 spiro atoms. The number of aliphatic carboxylic acids is 1. The fourth-order valence-corrected chi connectivity index (χ4v) is 2.45. The quantitative estimate of drug-likeness (QED) is 0.495. The smallest absolute Gasteiger partial charge is 0.321 e. The van der Waals surface area contributed by atoms with Crippen LogP contribution in [0.1, 0.15) is 0 Å². The number of hydrogen-bond donors (Lipinski definition) is 4. The maximum absolute atomic E-state index is 10.5. The van der Waals surface area contributed by atoms with Crippen molar-refractivity contribution < 1.29 is 20.1 Å². The molecule has 0 radical (unpaired) electrons. The third-order valence-corrected chi connectivity index (χ3v) is 3.50. The van der Waals surface area contributed by atoms with Crippen molar-refractivity contribution in [3.63, 3.8) is 0 Å². The molecule has 5 nitrogen and oxygen atoms in total. The minimum absolute atomic E-state index is 0.0175. The summed E-state index contributed by atoms with van der Waals surface area (Å²) in [6.07, 6.45) is 0. The highest BCUT2D eigenvalue weighted by Gasteiger charge is 2.14. The van der Waals surface area contributed by atoms with Crippen LogP contribution in [0.25, 0.3) is 0 Å². The molecule has 16 heavy (non-hydrogen) atoms. The van der Waals surface area contributed by atoms with Gasteiger partial charge in [0.15, 0.2) is 0 Å². The number of rotatable bonds is 4. The topological polar surface area (TPSA) is 104 Å². The Kier molecular flexibility index (Phi) is 4.45. The van der Waals surface area contributed by atoms with Gasteiger partial charge in [-0.2, -0.15) is 0 Å². The molecule has 0 bridgehead atoms. The zero-order valence-corrected chi connectivity index (χ0v) is 10.5. The standard InChI is InChI=1S/C9H10BrNO4S/c10-5-1-4(12)2-7(8(5)13)16-3-6(11)9(14)15/h1-2,6,12-13H,3,11H2,(H,14,15)/t6-/m0/s1. The van der Waals surface area contributed by atoms with Crippen molar-refractivity contribution in [2.75, 3.05) is 5.75 Å². The summed E-state index contributed by atoms with van der Waals surface area (Å²) in [5, 5.41) is 27.5. The van der Waals surface area contributed by atoms with Gasteiger partial charge in [0.1, 0.15) is 17.5 Å². The molecular formula is C9H10BrNO4S. The molecule has 1 atom stereocenters. The third kappa shape index (κ3) is 3.29. The van der Waals surface area contributed by atoms with E-state index in [9.17, 15) is 15.0 Å². The Morgan fingerprint density at radius 3 is 2.69 bits per heavy atom. The third-order valence-electron chi connectivity index (χ3n) is 1.75. The maximum atomic E-state index is 10.5. The lowest BCUT2D eigenvalue weighted by atomic mass is 10.3. The lowest BCUT2D eigenvalue weighted by Crippen LogP contribution is -2.32. The highest BCUT2D eigenvalue weighted by Crippen LogP contribution is 2.38. The van der Waals surface area contributed by atoms with Crippen molar-refractivity contribution in [3.8, 4) is 11.5 Å². The fourth-order valence-electron chi connectivity index (χ4n) is 0.921. The SMILES string of the molecule is N[C@@H](CSc1cc(O)cc(Br)c1O)C(=O)O. The Bertz CT molecular complexity index is 413. The first-order chi connectivity index (χ1) is 7.41. The Hall–Kier alpha value is -0.920. The van der Waals surface area contributed by atoms with Crippen molar-refractivity contribution in [3.05, 3.63) is 16.6 Å². The highest BCUT2D eigenvalue weighted by atomic mass is 79.9. The van der Waals surface area contributed by atoms with Crippen molar-refractivity contribution in [1.82, 2.24) is 0 Å². The number of carboxylic acids is 1. The first-order valence-corrected chi connectivity index (χ1v) is 6.02. The van der Waals surface area contributed by atoms with Crippen LogP contribution in [0.15, 0.2) is 21.5 Å². The molecule has 5 N–H and O–H groups in total. The molecule has 88 valence electrons. The van der Waals surface area contributed by atoms with Crippen LogP contribution in [-0.4, -0.2) is 33.1 Å². The normalized spacial score (nSPS) is 12.4. The number of carbonyl (C=O) groups is 1. The molecule has 0 saturated heterocycles. The summed E-state index contributed by atoms with van der Waals surface area (Å²) in [4.78, 5) is 10.9. The Labute approximate surface area is 104 Å². The number of phenols is 2. The molecule has 1 aromatic rings. The molecule has 0 aliphatic heterocycles. The van der Waals surface area contributed by atoms with E-state index in [4.69, 9.17) is 10.8 Å². The summed E-state index contributed by atoms with van der Waals surface area (Å²) < 4.78 is 0.346. The van der Waals surface area contributed by atoms with Crippen LogP contribution < -0.4 is 5.73 Å². The molecule has 0 unspecified atom stereocenters. The molecule has 1 aromatic carbocycles. The van der Waals surface area contributed by atoms with Crippen LogP contribution in [0.4, 0.5) is 0 Å². The monoisotopic (exact) mass is 307 g/mol. The van der Waals surface area contributed by atoms with Gasteiger partial charge in [-0.15, -0.1) is 11.8 Å². The van der Waals surface area contributed by atoms with Crippen LogP contribution in [-0.2, 0) is 4.79 Å². The van der Waals surface area contributed by atoms with E-state index in [0.29, 0.717) is 9.37 Å². The van der Waals surface area contributed by atoms with Crippen molar-refractivity contribution in [2.45, 2.75) is 10.9 Å². The summed E-state index contributed by atoms with van der Waals surface area (Å²) in [7, 11) is 0. The number of phenolic OH excluding ortho intramolecular Hbond substituents is 2. The Balaban J connectivity index is 2.78. The Morgan fingerprint density at radius 1 is 1.50 bits per heavy atom. The largest absolute Gasteiger partial charge is 0.508 e. The first kappa shape index (κ1) is 13.1. The summed E-state index contributed by atoms with van der Waals surface area (Å²) in [6.45, 7) is 0. The minimum Gasteiger partial charge on any atom is -0.508 e. The molecule has 0 saturated carbocycles. The predicted molar refractivity (Wildman–Crippen MR) is 63.8 cm³/mol. The van der Waals surface area contributed by atoms with Crippen LogP contribution in [0.5, 0.6) is 11.5 Å². The summed E-state index contributed by atoms with van der Waals surface area (Å²) in [6, 6.07) is 1.68. The molecule has 0 amide bonds. The van der Waals surface area contributed by atoms with Crippen LogP contribution in [0, 0.1) is 0 Å². The van der Waals surface area contributed by atoms with E-state index in [1.54, 1.807) is 0 Å². The van der Waals surface area contributed by atoms with Gasteiger partial charge < -0.3 is 21.1 Å². The van der Waals surface area contributed by atoms with Crippen LogP contribution >= 0.6 is 27.7 Å². The average Bonchev–Trinajstić information content (AvgIpc) is 2.20. The zero-order chi connectivity index (χ0) is 12.3. The van der Waals surface area contributed by atoms with Crippen molar-refractivity contribution in [2.24, 2.45) is 5.73 Å². The number of carboxylic acid groups (broad SMARTS) is 1. The lowest BCUT2D eigenvalue weighted by Gasteiger charge is -2.09. The van der Waals surface area contributed by atoms with Gasteiger partial charge in [0.25, 0.3) is 0 Å². The average molecular weight is 308 g/mol. The van der Waals surface area contributed by atoms with Crippen molar-refractivity contribution >= 4 is 33.7 Å². The molecule has 0 heterocycles. The van der Waals surface area contributed by atoms with Gasteiger partial charge in [0.2, 0.25) is 0 Å². The van der Waals surface area contributed by atoms with Gasteiger partial charge in [0, 0.05) is 5.75 Å². The van der Waals surface area contributed by atoms with E-state index >= 15 is 0 Å². The molecule has 0 fully saturated rings. The molecule has 7 heteroatoms. The van der Waals surface area contributed by atoms with Crippen LogP contribution in [0.3, 0.4) is 0 Å². The predicted octanol–water partition coefficient (Wildman–Crippen LogP) is 1.36. The number of hydrogen-bond acceptors (Lipinski definition) is 5. The second-order valence-electron chi connectivity index (χ2n) is 3.03. The summed E-state index contributed by atoms with van der Waals surface area (Å²) >= 11 is 4.13. The number of thioether (sulfide) groups is 1. The summed E-state index contributed by atoms with van der Waals surface area (Å²) in [5.74, 6) is -1.05. The maximum Gasteiger partial charge on any atom is 0.321 e. The van der Waals surface area contributed by atoms with Crippen molar-refractivity contribution in [1.29, 1.82) is 0 Å². The first-order valence-electron chi connectivity index (χ1n) is 4.24. The van der Waals surface area contributed by atoms with Gasteiger partial charge in [-0.3, -0.25) is 4.79 Å². The fraction of sp³-hybridized carbons (Fsp3) is 0.222. The second-order valence-corrected chi connectivity index (χ2v) is 4.95. The van der Waals surface area contributed by atoms with E-state index in [2.05, 4.69) is 15.9 Å². The number of aromatic hydroxyl groups is 2. The molecular weight excluding hydrogens is 298 g/mol. The molecule has 0 aliphatic rings. The highest BCUT2D eigenvalue weighted by molar-refractivity contribution is 9.10. The van der Waals surface area contributed by atoms with Gasteiger partial charge in [-0.1, -0.05) is 0 Å². The lowest BCUT2D eigenvalue weighted by molar-refractivity contribution is -0.137. The number of nitrogens with two attached hydrogens (primary N) is 1. The van der Waals surface area contributed by atoms with Gasteiger partial charge >= 0.3 is 5.97 Å². The molecule has 1 rings (SSSR count). The molecule has 0 aromatic heterocycles. The van der Waals surface area contributed by atoms with Crippen LogP contribution in [0.2, 0.25) is 0 Å². The number of benzene rings is 1.